The lowest BCUT2D eigenvalue weighted by Crippen LogP contribution is -2.13. The van der Waals surface area contributed by atoms with Gasteiger partial charge in [-0.3, -0.25) is 0 Å². The van der Waals surface area contributed by atoms with Gasteiger partial charge in [-0.05, 0) is 30.5 Å². The van der Waals surface area contributed by atoms with E-state index in [0.717, 1.165) is 32.5 Å². The Labute approximate surface area is 105 Å². The molecular formula is C15H23NO. The Morgan fingerprint density at radius 1 is 1.29 bits per heavy atom. The molecule has 1 aromatic carbocycles. The molecule has 2 heteroatoms. The molecule has 2 nitrogen and oxygen atoms in total. The third-order valence-electron chi connectivity index (χ3n) is 2.64. The number of rotatable bonds is 9. The van der Waals surface area contributed by atoms with Crippen LogP contribution >= 0.6 is 0 Å². The van der Waals surface area contributed by atoms with Crippen molar-refractivity contribution >= 4 is 0 Å². The molecule has 1 rings (SSSR count). The molecule has 0 atom stereocenters. The van der Waals surface area contributed by atoms with Gasteiger partial charge in [-0.15, -0.1) is 6.58 Å². The smallest absolute Gasteiger partial charge is 0.0720 e. The fourth-order valence-electron chi connectivity index (χ4n) is 1.64. The van der Waals surface area contributed by atoms with E-state index in [4.69, 9.17) is 4.74 Å². The van der Waals surface area contributed by atoms with Gasteiger partial charge in [-0.25, -0.2) is 0 Å². The SMILES string of the molecule is C=CCCCOCc1ccccc1CNCC. The zero-order chi connectivity index (χ0) is 12.3. The molecule has 0 bridgehead atoms. The summed E-state index contributed by atoms with van der Waals surface area (Å²) in [6.07, 6.45) is 4.01. The van der Waals surface area contributed by atoms with Crippen molar-refractivity contribution in [3.63, 3.8) is 0 Å². The Morgan fingerprint density at radius 2 is 2.06 bits per heavy atom. The maximum absolute atomic E-state index is 5.67. The van der Waals surface area contributed by atoms with E-state index in [0.29, 0.717) is 6.61 Å². The Bertz CT molecular complexity index is 322. The van der Waals surface area contributed by atoms with Crippen LogP contribution in [0.4, 0.5) is 0 Å². The van der Waals surface area contributed by atoms with E-state index in [2.05, 4.69) is 43.1 Å². The van der Waals surface area contributed by atoms with Gasteiger partial charge in [-0.2, -0.15) is 0 Å². The summed E-state index contributed by atoms with van der Waals surface area (Å²) in [4.78, 5) is 0. The largest absolute Gasteiger partial charge is 0.377 e. The Hall–Kier alpha value is -1.12. The summed E-state index contributed by atoms with van der Waals surface area (Å²) in [5, 5.41) is 3.35. The van der Waals surface area contributed by atoms with Crippen LogP contribution in [0.25, 0.3) is 0 Å². The van der Waals surface area contributed by atoms with Gasteiger partial charge < -0.3 is 10.1 Å². The summed E-state index contributed by atoms with van der Waals surface area (Å²) in [5.41, 5.74) is 2.62. The van der Waals surface area contributed by atoms with Crippen molar-refractivity contribution in [2.24, 2.45) is 0 Å². The number of allylic oxidation sites excluding steroid dienone is 1. The predicted molar refractivity (Wildman–Crippen MR) is 72.9 cm³/mol. The summed E-state index contributed by atoms with van der Waals surface area (Å²) in [7, 11) is 0. The van der Waals surface area contributed by atoms with Crippen molar-refractivity contribution in [3.8, 4) is 0 Å². The first kappa shape index (κ1) is 13.9. The molecule has 0 heterocycles. The van der Waals surface area contributed by atoms with Crippen LogP contribution in [0.15, 0.2) is 36.9 Å². The molecule has 0 amide bonds. The van der Waals surface area contributed by atoms with E-state index < -0.39 is 0 Å². The van der Waals surface area contributed by atoms with Crippen LogP contribution in [0.5, 0.6) is 0 Å². The minimum Gasteiger partial charge on any atom is -0.377 e. The Kier molecular flexibility index (Phi) is 7.35. The van der Waals surface area contributed by atoms with E-state index in [-0.39, 0.29) is 0 Å². The summed E-state index contributed by atoms with van der Waals surface area (Å²) in [6.45, 7) is 9.25. The Morgan fingerprint density at radius 3 is 2.76 bits per heavy atom. The van der Waals surface area contributed by atoms with E-state index in [9.17, 15) is 0 Å². The summed E-state index contributed by atoms with van der Waals surface area (Å²) < 4.78 is 5.67. The average molecular weight is 233 g/mol. The third kappa shape index (κ3) is 5.66. The number of ether oxygens (including phenoxy) is 1. The number of unbranched alkanes of at least 4 members (excludes halogenated alkanes) is 1. The zero-order valence-corrected chi connectivity index (χ0v) is 10.7. The zero-order valence-electron chi connectivity index (χ0n) is 10.7. The van der Waals surface area contributed by atoms with Gasteiger partial charge in [0.2, 0.25) is 0 Å². The first-order valence-corrected chi connectivity index (χ1v) is 6.34. The highest BCUT2D eigenvalue weighted by atomic mass is 16.5. The van der Waals surface area contributed by atoms with Crippen LogP contribution < -0.4 is 5.32 Å². The first-order chi connectivity index (χ1) is 8.38. The van der Waals surface area contributed by atoms with Crippen LogP contribution in [0.1, 0.15) is 30.9 Å². The van der Waals surface area contributed by atoms with Gasteiger partial charge in [0.25, 0.3) is 0 Å². The standard InChI is InChI=1S/C15H23NO/c1-3-5-8-11-17-13-15-10-7-6-9-14(15)12-16-4-2/h3,6-7,9-10,16H,1,4-5,8,11-13H2,2H3. The van der Waals surface area contributed by atoms with E-state index in [1.807, 2.05) is 6.08 Å². The molecule has 0 radical (unpaired) electrons. The van der Waals surface area contributed by atoms with E-state index >= 15 is 0 Å². The number of hydrogen-bond acceptors (Lipinski definition) is 2. The molecule has 0 fully saturated rings. The number of benzene rings is 1. The molecule has 0 saturated carbocycles. The fraction of sp³-hybridized carbons (Fsp3) is 0.467. The van der Waals surface area contributed by atoms with Crippen molar-refractivity contribution in [2.45, 2.75) is 32.9 Å². The topological polar surface area (TPSA) is 21.3 Å². The molecule has 0 aromatic heterocycles. The van der Waals surface area contributed by atoms with Gasteiger partial charge in [0.1, 0.15) is 0 Å². The molecular weight excluding hydrogens is 210 g/mol. The minimum absolute atomic E-state index is 0.707. The number of nitrogens with one attached hydrogen (secondary N) is 1. The van der Waals surface area contributed by atoms with Gasteiger partial charge in [-0.1, -0.05) is 37.3 Å². The molecule has 0 spiro atoms. The molecule has 0 unspecified atom stereocenters. The normalized spacial score (nSPS) is 10.4. The Balaban J connectivity index is 2.37. The first-order valence-electron chi connectivity index (χ1n) is 6.34. The van der Waals surface area contributed by atoms with E-state index in [1.165, 1.54) is 11.1 Å². The highest BCUT2D eigenvalue weighted by molar-refractivity contribution is 5.26. The van der Waals surface area contributed by atoms with Gasteiger partial charge in [0, 0.05) is 13.2 Å². The summed E-state index contributed by atoms with van der Waals surface area (Å²) in [6, 6.07) is 8.44. The van der Waals surface area contributed by atoms with Crippen molar-refractivity contribution in [2.75, 3.05) is 13.2 Å². The fourth-order valence-corrected chi connectivity index (χ4v) is 1.64. The molecule has 1 aromatic rings. The van der Waals surface area contributed by atoms with Crippen molar-refractivity contribution in [3.05, 3.63) is 48.0 Å². The van der Waals surface area contributed by atoms with Crippen molar-refractivity contribution < 1.29 is 4.74 Å². The van der Waals surface area contributed by atoms with E-state index in [1.54, 1.807) is 0 Å². The van der Waals surface area contributed by atoms with Crippen LogP contribution in [-0.2, 0) is 17.9 Å². The second-order valence-corrected chi connectivity index (χ2v) is 4.03. The summed E-state index contributed by atoms with van der Waals surface area (Å²) in [5.74, 6) is 0. The van der Waals surface area contributed by atoms with Crippen LogP contribution in [0.3, 0.4) is 0 Å². The lowest BCUT2D eigenvalue weighted by Gasteiger charge is -2.10. The average Bonchev–Trinajstić information content (AvgIpc) is 2.37. The van der Waals surface area contributed by atoms with Gasteiger partial charge in [0.05, 0.1) is 6.61 Å². The quantitative estimate of drug-likeness (QED) is 0.522. The molecule has 0 saturated heterocycles. The highest BCUT2D eigenvalue weighted by Crippen LogP contribution is 2.10. The molecule has 1 N–H and O–H groups in total. The summed E-state index contributed by atoms with van der Waals surface area (Å²) >= 11 is 0. The number of hydrogen-bond donors (Lipinski definition) is 1. The molecule has 0 aliphatic heterocycles. The molecule has 94 valence electrons. The van der Waals surface area contributed by atoms with Gasteiger partial charge >= 0.3 is 0 Å². The third-order valence-corrected chi connectivity index (χ3v) is 2.64. The van der Waals surface area contributed by atoms with Crippen molar-refractivity contribution in [1.29, 1.82) is 0 Å². The molecule has 17 heavy (non-hydrogen) atoms. The van der Waals surface area contributed by atoms with Crippen molar-refractivity contribution in [1.82, 2.24) is 5.32 Å². The monoisotopic (exact) mass is 233 g/mol. The van der Waals surface area contributed by atoms with Gasteiger partial charge in [0.15, 0.2) is 0 Å². The maximum Gasteiger partial charge on any atom is 0.0720 e. The second kappa shape index (κ2) is 8.97. The maximum atomic E-state index is 5.67. The second-order valence-electron chi connectivity index (χ2n) is 4.03. The predicted octanol–water partition coefficient (Wildman–Crippen LogP) is 3.28. The molecule has 0 aliphatic rings. The molecule has 0 aliphatic carbocycles. The lowest BCUT2D eigenvalue weighted by molar-refractivity contribution is 0.118. The van der Waals surface area contributed by atoms with Crippen LogP contribution in [0.2, 0.25) is 0 Å². The highest BCUT2D eigenvalue weighted by Gasteiger charge is 2.00. The minimum atomic E-state index is 0.707. The van der Waals surface area contributed by atoms with Crippen LogP contribution in [0, 0.1) is 0 Å². The van der Waals surface area contributed by atoms with Crippen LogP contribution in [-0.4, -0.2) is 13.2 Å². The lowest BCUT2D eigenvalue weighted by atomic mass is 10.1.